The Kier molecular flexibility index (Phi) is 5.64. The van der Waals surface area contributed by atoms with Crippen molar-refractivity contribution >= 4 is 6.08 Å². The number of nitrogens with zero attached hydrogens (tertiary/aromatic N) is 2. The highest BCUT2D eigenvalue weighted by molar-refractivity contribution is 5.52. The van der Waals surface area contributed by atoms with Crippen LogP contribution in [-0.2, 0) is 6.54 Å². The van der Waals surface area contributed by atoms with Crippen LogP contribution in [0.4, 0.5) is 0 Å². The van der Waals surface area contributed by atoms with Gasteiger partial charge in [0, 0.05) is 6.54 Å². The van der Waals surface area contributed by atoms with Crippen molar-refractivity contribution in [2.45, 2.75) is 26.3 Å². The first-order valence-electron chi connectivity index (χ1n) is 5.74. The molecule has 0 aliphatic rings. The molecule has 0 aliphatic heterocycles. The predicted octanol–water partition coefficient (Wildman–Crippen LogP) is 1.92. The summed E-state index contributed by atoms with van der Waals surface area (Å²) in [5.74, 6) is 0.842. The Balaban J connectivity index is 2.73. The van der Waals surface area contributed by atoms with E-state index in [-0.39, 0.29) is 0 Å². The van der Waals surface area contributed by atoms with Gasteiger partial charge < -0.3 is 10.1 Å². The molecule has 0 saturated heterocycles. The van der Waals surface area contributed by atoms with Crippen LogP contribution in [0.3, 0.4) is 0 Å². The molecule has 0 amide bonds. The zero-order valence-corrected chi connectivity index (χ0v) is 10.4. The van der Waals surface area contributed by atoms with Crippen molar-refractivity contribution in [3.05, 3.63) is 18.0 Å². The second-order valence-electron chi connectivity index (χ2n) is 3.62. The van der Waals surface area contributed by atoms with E-state index in [2.05, 4.69) is 29.5 Å². The molecule has 0 aliphatic carbocycles. The minimum Gasteiger partial charge on any atom is -0.493 e. The molecule has 0 unspecified atom stereocenters. The van der Waals surface area contributed by atoms with Gasteiger partial charge in [-0.2, -0.15) is 5.10 Å². The summed E-state index contributed by atoms with van der Waals surface area (Å²) in [6, 6.07) is 0. The Morgan fingerprint density at radius 3 is 3.00 bits per heavy atom. The molecule has 4 heteroatoms. The number of hydrogen-bond acceptors (Lipinski definition) is 3. The molecule has 0 bridgehead atoms. The average molecular weight is 223 g/mol. The molecular formula is C12H21N3O. The van der Waals surface area contributed by atoms with Crippen molar-refractivity contribution in [3.8, 4) is 5.75 Å². The van der Waals surface area contributed by atoms with Crippen LogP contribution >= 0.6 is 0 Å². The highest BCUT2D eigenvalue weighted by atomic mass is 16.5. The second-order valence-corrected chi connectivity index (χ2v) is 3.62. The number of hydrogen-bond donors (Lipinski definition) is 1. The smallest absolute Gasteiger partial charge is 0.164 e. The Hall–Kier alpha value is -1.29. The van der Waals surface area contributed by atoms with Gasteiger partial charge in [0.2, 0.25) is 0 Å². The number of aromatic nitrogens is 2. The van der Waals surface area contributed by atoms with Crippen LogP contribution in [0.1, 0.15) is 25.5 Å². The van der Waals surface area contributed by atoms with E-state index < -0.39 is 0 Å². The molecule has 1 rings (SSSR count). The van der Waals surface area contributed by atoms with Gasteiger partial charge in [-0.05, 0) is 32.5 Å². The standard InChI is InChI=1S/C12H21N3O/c1-4-9-15-11(7-5-6-8-13-2)12(16-3)10-14-15/h5,7,10,13H,4,6,8-9H2,1-3H3/b7-5+. The minimum absolute atomic E-state index is 0.842. The molecule has 16 heavy (non-hydrogen) atoms. The molecule has 0 aromatic carbocycles. The predicted molar refractivity (Wildman–Crippen MR) is 66.6 cm³/mol. The van der Waals surface area contributed by atoms with E-state index in [0.29, 0.717) is 0 Å². The Bertz CT molecular complexity index is 331. The first-order chi connectivity index (χ1) is 7.83. The maximum Gasteiger partial charge on any atom is 0.164 e. The van der Waals surface area contributed by atoms with E-state index in [1.54, 1.807) is 13.3 Å². The third kappa shape index (κ3) is 3.38. The highest BCUT2D eigenvalue weighted by Gasteiger charge is 2.06. The molecule has 1 N–H and O–H groups in total. The van der Waals surface area contributed by atoms with Gasteiger partial charge in [0.25, 0.3) is 0 Å². The molecule has 90 valence electrons. The fourth-order valence-corrected chi connectivity index (χ4v) is 1.52. The third-order valence-electron chi connectivity index (χ3n) is 2.34. The van der Waals surface area contributed by atoms with Gasteiger partial charge in [-0.1, -0.05) is 13.0 Å². The number of aryl methyl sites for hydroxylation is 1. The first kappa shape index (κ1) is 12.8. The van der Waals surface area contributed by atoms with E-state index in [9.17, 15) is 0 Å². The van der Waals surface area contributed by atoms with Crippen LogP contribution in [-0.4, -0.2) is 30.5 Å². The third-order valence-corrected chi connectivity index (χ3v) is 2.34. The molecule has 0 atom stereocenters. The normalized spacial score (nSPS) is 11.2. The topological polar surface area (TPSA) is 39.1 Å². The molecule has 1 aromatic rings. The van der Waals surface area contributed by atoms with Crippen LogP contribution in [0.2, 0.25) is 0 Å². The number of nitrogens with one attached hydrogen (secondary N) is 1. The van der Waals surface area contributed by atoms with E-state index in [4.69, 9.17) is 4.74 Å². The van der Waals surface area contributed by atoms with Crippen molar-refractivity contribution in [2.75, 3.05) is 20.7 Å². The molecular weight excluding hydrogens is 202 g/mol. The van der Waals surface area contributed by atoms with Crippen LogP contribution in [0.25, 0.3) is 6.08 Å². The van der Waals surface area contributed by atoms with Crippen LogP contribution in [0.5, 0.6) is 5.75 Å². The van der Waals surface area contributed by atoms with Gasteiger partial charge in [0.05, 0.1) is 13.3 Å². The van der Waals surface area contributed by atoms with Crippen molar-refractivity contribution in [1.29, 1.82) is 0 Å². The summed E-state index contributed by atoms with van der Waals surface area (Å²) in [6.07, 6.45) is 8.08. The molecule has 4 nitrogen and oxygen atoms in total. The maximum atomic E-state index is 5.28. The van der Waals surface area contributed by atoms with Gasteiger partial charge in [0.15, 0.2) is 5.75 Å². The summed E-state index contributed by atoms with van der Waals surface area (Å²) in [7, 11) is 3.63. The lowest BCUT2D eigenvalue weighted by atomic mass is 10.3. The summed E-state index contributed by atoms with van der Waals surface area (Å²) in [4.78, 5) is 0. The highest BCUT2D eigenvalue weighted by Crippen LogP contribution is 2.19. The summed E-state index contributed by atoms with van der Waals surface area (Å²) in [6.45, 7) is 4.05. The summed E-state index contributed by atoms with van der Waals surface area (Å²) < 4.78 is 7.26. The molecule has 0 fully saturated rings. The average Bonchev–Trinajstić information content (AvgIpc) is 2.68. The van der Waals surface area contributed by atoms with E-state index >= 15 is 0 Å². The lowest BCUT2D eigenvalue weighted by Gasteiger charge is -2.03. The maximum absolute atomic E-state index is 5.28. The lowest BCUT2D eigenvalue weighted by Crippen LogP contribution is -2.06. The minimum atomic E-state index is 0.842. The Morgan fingerprint density at radius 2 is 2.38 bits per heavy atom. The van der Waals surface area contributed by atoms with E-state index in [1.807, 2.05) is 11.7 Å². The summed E-state index contributed by atoms with van der Waals surface area (Å²) >= 11 is 0. The van der Waals surface area contributed by atoms with Gasteiger partial charge >= 0.3 is 0 Å². The molecule has 1 aromatic heterocycles. The first-order valence-corrected chi connectivity index (χ1v) is 5.74. The van der Waals surface area contributed by atoms with Crippen LogP contribution < -0.4 is 10.1 Å². The largest absolute Gasteiger partial charge is 0.493 e. The quantitative estimate of drug-likeness (QED) is 0.718. The van der Waals surface area contributed by atoms with Crippen molar-refractivity contribution in [2.24, 2.45) is 0 Å². The van der Waals surface area contributed by atoms with Crippen LogP contribution in [0, 0.1) is 0 Å². The number of methoxy groups -OCH3 is 1. The molecule has 0 spiro atoms. The Labute approximate surface area is 97.3 Å². The zero-order chi connectivity index (χ0) is 11.8. The molecule has 0 radical (unpaired) electrons. The van der Waals surface area contributed by atoms with Crippen molar-refractivity contribution in [3.63, 3.8) is 0 Å². The number of rotatable bonds is 7. The van der Waals surface area contributed by atoms with Crippen LogP contribution in [0.15, 0.2) is 12.3 Å². The molecule has 1 heterocycles. The van der Waals surface area contributed by atoms with Gasteiger partial charge in [-0.15, -0.1) is 0 Å². The Morgan fingerprint density at radius 1 is 1.56 bits per heavy atom. The van der Waals surface area contributed by atoms with E-state index in [0.717, 1.165) is 37.4 Å². The zero-order valence-electron chi connectivity index (χ0n) is 10.4. The van der Waals surface area contributed by atoms with Gasteiger partial charge in [-0.3, -0.25) is 4.68 Å². The molecule has 0 saturated carbocycles. The summed E-state index contributed by atoms with van der Waals surface area (Å²) in [5.41, 5.74) is 1.06. The monoisotopic (exact) mass is 223 g/mol. The second kappa shape index (κ2) is 7.06. The SMILES string of the molecule is CCCn1ncc(OC)c1/C=C/CCNC. The van der Waals surface area contributed by atoms with Gasteiger partial charge in [0.1, 0.15) is 5.69 Å². The number of ether oxygens (including phenoxy) is 1. The van der Waals surface area contributed by atoms with Crippen molar-refractivity contribution in [1.82, 2.24) is 15.1 Å². The van der Waals surface area contributed by atoms with E-state index in [1.165, 1.54) is 0 Å². The fourth-order valence-electron chi connectivity index (χ4n) is 1.52. The van der Waals surface area contributed by atoms with Crippen molar-refractivity contribution < 1.29 is 4.74 Å². The van der Waals surface area contributed by atoms with Gasteiger partial charge in [-0.25, -0.2) is 0 Å². The summed E-state index contributed by atoms with van der Waals surface area (Å²) in [5, 5.41) is 7.41. The lowest BCUT2D eigenvalue weighted by molar-refractivity contribution is 0.412. The fraction of sp³-hybridized carbons (Fsp3) is 0.583.